The van der Waals surface area contributed by atoms with Crippen LogP contribution in [-0.4, -0.2) is 37.0 Å². The van der Waals surface area contributed by atoms with Crippen LogP contribution in [0.3, 0.4) is 0 Å². The zero-order valence-corrected chi connectivity index (χ0v) is 19.6. The minimum atomic E-state index is -0.262. The third-order valence-corrected chi connectivity index (χ3v) is 6.20. The molecule has 170 valence electrons. The number of nitrogens with zero attached hydrogens (tertiary/aromatic N) is 2. The Morgan fingerprint density at radius 2 is 1.76 bits per heavy atom. The van der Waals surface area contributed by atoms with Crippen LogP contribution < -0.4 is 15.0 Å². The molecule has 0 atom stereocenters. The molecule has 3 aromatic carbocycles. The van der Waals surface area contributed by atoms with E-state index >= 15 is 0 Å². The second-order valence-corrected chi connectivity index (χ2v) is 8.47. The smallest absolute Gasteiger partial charge is 0.324 e. The number of hydrogen-bond acceptors (Lipinski definition) is 3. The molecule has 0 aromatic heterocycles. The Kier molecular flexibility index (Phi) is 7.06. The van der Waals surface area contributed by atoms with Gasteiger partial charge in [0.1, 0.15) is 5.75 Å². The van der Waals surface area contributed by atoms with Crippen LogP contribution in [-0.2, 0) is 6.54 Å². The Morgan fingerprint density at radius 1 is 1.00 bits per heavy atom. The number of benzene rings is 3. The van der Waals surface area contributed by atoms with Crippen molar-refractivity contribution in [3.63, 3.8) is 0 Å². The van der Waals surface area contributed by atoms with Gasteiger partial charge in [-0.1, -0.05) is 41.4 Å². The summed E-state index contributed by atoms with van der Waals surface area (Å²) in [4.78, 5) is 29.3. The van der Waals surface area contributed by atoms with E-state index in [1.54, 1.807) is 52.3 Å². The summed E-state index contributed by atoms with van der Waals surface area (Å²) in [7, 11) is 1.53. The highest BCUT2D eigenvalue weighted by molar-refractivity contribution is 6.42. The normalized spacial score (nSPS) is 13.7. The average molecular weight is 484 g/mol. The number of ether oxygens (including phenoxy) is 1. The number of carbonyl (C=O) groups excluding carboxylic acids is 2. The molecule has 0 radical (unpaired) electrons. The molecule has 1 fully saturated rings. The van der Waals surface area contributed by atoms with Crippen molar-refractivity contribution in [3.05, 3.63) is 87.9 Å². The monoisotopic (exact) mass is 483 g/mol. The number of anilines is 2. The molecule has 0 aliphatic carbocycles. The first-order valence-electron chi connectivity index (χ1n) is 10.5. The van der Waals surface area contributed by atoms with Gasteiger partial charge in [-0.3, -0.25) is 9.69 Å². The van der Waals surface area contributed by atoms with Gasteiger partial charge in [0.05, 0.1) is 22.7 Å². The fourth-order valence-corrected chi connectivity index (χ4v) is 4.10. The fourth-order valence-electron chi connectivity index (χ4n) is 3.78. The number of halogens is 2. The standard InChI is InChI=1S/C25H23Cl2N3O3/c1-33-23-6-3-2-5-20(23)24(31)28-18-8-10-19(11-9-18)30-14-4-13-29(25(30)32)16-17-7-12-21(26)22(27)15-17/h2-3,5-12,15H,4,13-14,16H2,1H3,(H,28,31). The zero-order chi connectivity index (χ0) is 23.4. The number of nitrogens with one attached hydrogen (secondary N) is 1. The molecule has 33 heavy (non-hydrogen) atoms. The maximum absolute atomic E-state index is 13.1. The summed E-state index contributed by atoms with van der Waals surface area (Å²) in [6.45, 7) is 1.76. The lowest BCUT2D eigenvalue weighted by atomic mass is 10.1. The van der Waals surface area contributed by atoms with Crippen LogP contribution in [0.5, 0.6) is 5.75 Å². The van der Waals surface area contributed by atoms with Crippen LogP contribution in [0.1, 0.15) is 22.3 Å². The number of para-hydroxylation sites is 1. The molecule has 1 saturated heterocycles. The Labute approximate surface area is 202 Å². The molecule has 8 heteroatoms. The molecular weight excluding hydrogens is 461 g/mol. The molecule has 3 amide bonds. The topological polar surface area (TPSA) is 61.9 Å². The van der Waals surface area contributed by atoms with E-state index in [1.807, 2.05) is 24.3 Å². The number of amides is 3. The maximum atomic E-state index is 13.1. The highest BCUT2D eigenvalue weighted by atomic mass is 35.5. The second-order valence-electron chi connectivity index (χ2n) is 7.66. The number of methoxy groups -OCH3 is 1. The third-order valence-electron chi connectivity index (χ3n) is 5.46. The van der Waals surface area contributed by atoms with Crippen LogP contribution in [0.25, 0.3) is 0 Å². The SMILES string of the molecule is COc1ccccc1C(=O)Nc1ccc(N2CCCN(Cc3ccc(Cl)c(Cl)c3)C2=O)cc1. The zero-order valence-electron chi connectivity index (χ0n) is 18.1. The molecule has 1 aliphatic heterocycles. The van der Waals surface area contributed by atoms with Crippen LogP contribution in [0, 0.1) is 0 Å². The fraction of sp³-hybridized carbons (Fsp3) is 0.200. The van der Waals surface area contributed by atoms with Crippen molar-refractivity contribution < 1.29 is 14.3 Å². The molecule has 3 aromatic rings. The average Bonchev–Trinajstić information content (AvgIpc) is 2.83. The van der Waals surface area contributed by atoms with Crippen LogP contribution >= 0.6 is 23.2 Å². The molecule has 0 bridgehead atoms. The van der Waals surface area contributed by atoms with E-state index in [9.17, 15) is 9.59 Å². The minimum absolute atomic E-state index is 0.0712. The molecule has 0 unspecified atom stereocenters. The summed E-state index contributed by atoms with van der Waals surface area (Å²) in [6.07, 6.45) is 0.847. The lowest BCUT2D eigenvalue weighted by Crippen LogP contribution is -2.49. The largest absolute Gasteiger partial charge is 0.496 e. The van der Waals surface area contributed by atoms with E-state index in [4.69, 9.17) is 27.9 Å². The number of rotatable bonds is 6. The van der Waals surface area contributed by atoms with Crippen molar-refractivity contribution in [2.75, 3.05) is 30.4 Å². The van der Waals surface area contributed by atoms with Gasteiger partial charge in [0.2, 0.25) is 0 Å². The van der Waals surface area contributed by atoms with Crippen molar-refractivity contribution in [1.29, 1.82) is 0 Å². The van der Waals surface area contributed by atoms with Gasteiger partial charge < -0.3 is 15.0 Å². The summed E-state index contributed by atoms with van der Waals surface area (Å²) < 4.78 is 5.26. The lowest BCUT2D eigenvalue weighted by molar-refractivity contribution is 0.102. The van der Waals surface area contributed by atoms with E-state index < -0.39 is 0 Å². The van der Waals surface area contributed by atoms with Gasteiger partial charge in [0, 0.05) is 31.0 Å². The maximum Gasteiger partial charge on any atom is 0.324 e. The molecule has 1 heterocycles. The quantitative estimate of drug-likeness (QED) is 0.461. The predicted molar refractivity (Wildman–Crippen MR) is 132 cm³/mol. The molecule has 6 nitrogen and oxygen atoms in total. The molecule has 1 aliphatic rings. The first-order chi connectivity index (χ1) is 16.0. The van der Waals surface area contributed by atoms with Gasteiger partial charge in [-0.05, 0) is 60.5 Å². The summed E-state index contributed by atoms with van der Waals surface area (Å²) in [5, 5.41) is 3.83. The summed E-state index contributed by atoms with van der Waals surface area (Å²) in [5.74, 6) is 0.245. The minimum Gasteiger partial charge on any atom is -0.496 e. The Bertz CT molecular complexity index is 1170. The first kappa shape index (κ1) is 23.0. The third kappa shape index (κ3) is 5.24. The molecule has 4 rings (SSSR count). The first-order valence-corrected chi connectivity index (χ1v) is 11.3. The molecule has 1 N–H and O–H groups in total. The van der Waals surface area contributed by atoms with E-state index in [0.29, 0.717) is 46.7 Å². The van der Waals surface area contributed by atoms with Crippen LogP contribution in [0.15, 0.2) is 66.7 Å². The van der Waals surface area contributed by atoms with E-state index in [1.165, 1.54) is 7.11 Å². The lowest BCUT2D eigenvalue weighted by Gasteiger charge is -2.35. The van der Waals surface area contributed by atoms with Crippen LogP contribution in [0.4, 0.5) is 16.2 Å². The summed E-state index contributed by atoms with van der Waals surface area (Å²) in [6, 6.07) is 19.6. The van der Waals surface area contributed by atoms with Gasteiger partial charge in [0.15, 0.2) is 0 Å². The summed E-state index contributed by atoms with van der Waals surface area (Å²) >= 11 is 12.1. The Balaban J connectivity index is 1.44. The van der Waals surface area contributed by atoms with E-state index in [0.717, 1.165) is 17.7 Å². The van der Waals surface area contributed by atoms with Crippen molar-refractivity contribution in [2.45, 2.75) is 13.0 Å². The highest BCUT2D eigenvalue weighted by Gasteiger charge is 2.27. The van der Waals surface area contributed by atoms with E-state index in [-0.39, 0.29) is 11.9 Å². The van der Waals surface area contributed by atoms with Gasteiger partial charge in [0.25, 0.3) is 5.91 Å². The second kappa shape index (κ2) is 10.1. The number of carbonyl (C=O) groups is 2. The van der Waals surface area contributed by atoms with Crippen molar-refractivity contribution >= 4 is 46.5 Å². The van der Waals surface area contributed by atoms with Gasteiger partial charge in [-0.2, -0.15) is 0 Å². The number of urea groups is 1. The van der Waals surface area contributed by atoms with Crippen LogP contribution in [0.2, 0.25) is 10.0 Å². The van der Waals surface area contributed by atoms with Crippen molar-refractivity contribution in [1.82, 2.24) is 4.90 Å². The molecular formula is C25H23Cl2N3O3. The highest BCUT2D eigenvalue weighted by Crippen LogP contribution is 2.27. The van der Waals surface area contributed by atoms with Crippen molar-refractivity contribution in [2.24, 2.45) is 0 Å². The number of hydrogen-bond donors (Lipinski definition) is 1. The molecule has 0 spiro atoms. The van der Waals surface area contributed by atoms with Gasteiger partial charge >= 0.3 is 6.03 Å². The Morgan fingerprint density at radius 3 is 2.48 bits per heavy atom. The summed E-state index contributed by atoms with van der Waals surface area (Å²) in [5.41, 5.74) is 2.78. The Hall–Kier alpha value is -3.22. The van der Waals surface area contributed by atoms with Crippen molar-refractivity contribution in [3.8, 4) is 5.75 Å². The van der Waals surface area contributed by atoms with E-state index in [2.05, 4.69) is 5.32 Å². The molecule has 0 saturated carbocycles. The predicted octanol–water partition coefficient (Wildman–Crippen LogP) is 6.09. The van der Waals surface area contributed by atoms with Gasteiger partial charge in [-0.25, -0.2) is 4.79 Å². The van der Waals surface area contributed by atoms with Gasteiger partial charge in [-0.15, -0.1) is 0 Å².